The Kier molecular flexibility index (Phi) is 4.11. The molecule has 3 aliphatic rings. The molecule has 0 aromatic rings. The Labute approximate surface area is 126 Å². The third kappa shape index (κ3) is 3.18. The monoisotopic (exact) mass is 284 g/mol. The lowest BCUT2D eigenvalue weighted by molar-refractivity contribution is -0.113. The summed E-state index contributed by atoms with van der Waals surface area (Å²) in [4.78, 5) is 11.5. The van der Waals surface area contributed by atoms with E-state index in [-0.39, 0.29) is 11.8 Å². The Balaban J connectivity index is 1.68. The summed E-state index contributed by atoms with van der Waals surface area (Å²) in [6.45, 7) is 1.63. The van der Waals surface area contributed by atoms with Gasteiger partial charge in [-0.2, -0.15) is 0 Å². The molecule has 21 heavy (non-hydrogen) atoms. The lowest BCUT2D eigenvalue weighted by Gasteiger charge is -2.32. The van der Waals surface area contributed by atoms with E-state index in [9.17, 15) is 4.79 Å². The molecule has 0 aromatic heterocycles. The maximum Gasteiger partial charge on any atom is 0.159 e. The van der Waals surface area contributed by atoms with Gasteiger partial charge in [-0.3, -0.25) is 4.79 Å². The van der Waals surface area contributed by atoms with Crippen LogP contribution in [0.5, 0.6) is 0 Å². The van der Waals surface area contributed by atoms with Gasteiger partial charge in [0.1, 0.15) is 0 Å². The summed E-state index contributed by atoms with van der Waals surface area (Å²) < 4.78 is 0. The Bertz CT molecular complexity index is 554. The third-order valence-corrected chi connectivity index (χ3v) is 4.76. The van der Waals surface area contributed by atoms with Gasteiger partial charge in [0.25, 0.3) is 0 Å². The summed E-state index contributed by atoms with van der Waals surface area (Å²) in [6.07, 6.45) is 16.3. The molecule has 1 saturated carbocycles. The average molecular weight is 284 g/mol. The van der Waals surface area contributed by atoms with Crippen LogP contribution in [-0.4, -0.2) is 17.9 Å². The molecule has 112 valence electrons. The van der Waals surface area contributed by atoms with Crippen molar-refractivity contribution >= 4 is 5.78 Å². The number of ketones is 1. The molecule has 3 atom stereocenters. The summed E-state index contributed by atoms with van der Waals surface area (Å²) in [5.41, 5.74) is 9.51. The van der Waals surface area contributed by atoms with Crippen LogP contribution < -0.4 is 11.1 Å². The van der Waals surface area contributed by atoms with Crippen LogP contribution in [0.2, 0.25) is 0 Å². The Morgan fingerprint density at radius 1 is 1.29 bits per heavy atom. The molecule has 3 N–H and O–H groups in total. The molecule has 3 unspecified atom stereocenters. The van der Waals surface area contributed by atoms with Gasteiger partial charge < -0.3 is 11.1 Å². The summed E-state index contributed by atoms with van der Waals surface area (Å²) in [5, 5.41) is 3.61. The van der Waals surface area contributed by atoms with Gasteiger partial charge in [0.15, 0.2) is 5.78 Å². The van der Waals surface area contributed by atoms with E-state index in [2.05, 4.69) is 29.6 Å². The maximum atomic E-state index is 11.5. The van der Waals surface area contributed by atoms with Gasteiger partial charge in [-0.15, -0.1) is 0 Å². The highest BCUT2D eigenvalue weighted by atomic mass is 16.1. The predicted octanol–water partition coefficient (Wildman–Crippen LogP) is 2.76. The lowest BCUT2D eigenvalue weighted by Crippen LogP contribution is -2.46. The highest BCUT2D eigenvalue weighted by Gasteiger charge is 2.24. The standard InChI is InChI=1S/C18H24N2O/c1-12(21)13-6-7-15-11-16(9-8-14(15)10-13)20-18-5-3-2-4-17(18)19/h6-7,9-11,14,17-18,20H,2-5,8,19H2,1H3. The molecule has 0 spiro atoms. The number of allylic oxidation sites excluding steroid dienone is 7. The molecule has 0 radical (unpaired) electrons. The van der Waals surface area contributed by atoms with Gasteiger partial charge in [0.2, 0.25) is 0 Å². The number of fused-ring (bicyclic) bond motifs is 1. The lowest BCUT2D eigenvalue weighted by atomic mass is 9.83. The van der Waals surface area contributed by atoms with Crippen molar-refractivity contribution in [1.82, 2.24) is 5.32 Å². The minimum atomic E-state index is 0.145. The summed E-state index contributed by atoms with van der Waals surface area (Å²) in [7, 11) is 0. The first-order chi connectivity index (χ1) is 10.1. The molecule has 0 aromatic carbocycles. The first-order valence-electron chi connectivity index (χ1n) is 7.98. The van der Waals surface area contributed by atoms with Crippen LogP contribution in [0.3, 0.4) is 0 Å². The SMILES string of the molecule is CC(=O)C1=CC2CC=C(NC3CCCCC3N)C=C2C=C1. The normalized spacial score (nSPS) is 31.7. The topological polar surface area (TPSA) is 55.1 Å². The Morgan fingerprint density at radius 2 is 2.10 bits per heavy atom. The summed E-state index contributed by atoms with van der Waals surface area (Å²) in [5.74, 6) is 0.492. The second-order valence-electron chi connectivity index (χ2n) is 6.36. The average Bonchev–Trinajstić information content (AvgIpc) is 2.49. The van der Waals surface area contributed by atoms with Gasteiger partial charge in [-0.25, -0.2) is 0 Å². The second kappa shape index (κ2) is 6.02. The van der Waals surface area contributed by atoms with Crippen molar-refractivity contribution in [2.24, 2.45) is 11.7 Å². The molecule has 0 heterocycles. The van der Waals surface area contributed by atoms with Crippen molar-refractivity contribution in [3.05, 3.63) is 47.2 Å². The third-order valence-electron chi connectivity index (χ3n) is 4.76. The van der Waals surface area contributed by atoms with E-state index < -0.39 is 0 Å². The molecule has 0 aliphatic heterocycles. The van der Waals surface area contributed by atoms with E-state index >= 15 is 0 Å². The molecule has 0 bridgehead atoms. The molecular formula is C18H24N2O. The van der Waals surface area contributed by atoms with Gasteiger partial charge in [0.05, 0.1) is 0 Å². The number of carbonyl (C=O) groups is 1. The van der Waals surface area contributed by atoms with E-state index in [0.29, 0.717) is 12.0 Å². The summed E-state index contributed by atoms with van der Waals surface area (Å²) in [6, 6.07) is 0.663. The van der Waals surface area contributed by atoms with Crippen LogP contribution in [0.15, 0.2) is 47.2 Å². The van der Waals surface area contributed by atoms with Crippen molar-refractivity contribution in [3.63, 3.8) is 0 Å². The van der Waals surface area contributed by atoms with Gasteiger partial charge >= 0.3 is 0 Å². The van der Waals surface area contributed by atoms with Crippen LogP contribution in [0.25, 0.3) is 0 Å². The fraction of sp³-hybridized carbons (Fsp3) is 0.500. The largest absolute Gasteiger partial charge is 0.381 e. The van der Waals surface area contributed by atoms with Crippen molar-refractivity contribution in [2.45, 2.75) is 51.1 Å². The number of nitrogens with one attached hydrogen (secondary N) is 1. The Hall–Kier alpha value is -1.61. The zero-order valence-corrected chi connectivity index (χ0v) is 12.6. The molecule has 1 fully saturated rings. The van der Waals surface area contributed by atoms with E-state index in [0.717, 1.165) is 24.8 Å². The van der Waals surface area contributed by atoms with E-state index in [1.165, 1.54) is 24.1 Å². The number of rotatable bonds is 3. The molecule has 0 amide bonds. The maximum absolute atomic E-state index is 11.5. The van der Waals surface area contributed by atoms with Gasteiger partial charge in [0, 0.05) is 29.3 Å². The zero-order valence-electron chi connectivity index (χ0n) is 12.6. The molecule has 3 aliphatic carbocycles. The van der Waals surface area contributed by atoms with Crippen LogP contribution in [-0.2, 0) is 4.79 Å². The van der Waals surface area contributed by atoms with Crippen LogP contribution in [0.4, 0.5) is 0 Å². The predicted molar refractivity (Wildman–Crippen MR) is 85.5 cm³/mol. The van der Waals surface area contributed by atoms with Crippen molar-refractivity contribution < 1.29 is 4.79 Å². The van der Waals surface area contributed by atoms with Crippen molar-refractivity contribution in [3.8, 4) is 0 Å². The highest BCUT2D eigenvalue weighted by molar-refractivity contribution is 5.96. The number of nitrogens with two attached hydrogens (primary N) is 1. The fourth-order valence-corrected chi connectivity index (χ4v) is 3.42. The van der Waals surface area contributed by atoms with E-state index in [1.807, 2.05) is 6.08 Å². The summed E-state index contributed by atoms with van der Waals surface area (Å²) >= 11 is 0. The zero-order chi connectivity index (χ0) is 14.8. The number of Topliss-reactive ketones (excluding diaryl/α,β-unsaturated/α-hetero) is 1. The smallest absolute Gasteiger partial charge is 0.159 e. The highest BCUT2D eigenvalue weighted by Crippen LogP contribution is 2.31. The molecule has 3 heteroatoms. The number of carbonyl (C=O) groups excluding carboxylic acids is 1. The molecule has 0 saturated heterocycles. The fourth-order valence-electron chi connectivity index (χ4n) is 3.42. The van der Waals surface area contributed by atoms with Crippen molar-refractivity contribution in [2.75, 3.05) is 0 Å². The van der Waals surface area contributed by atoms with Gasteiger partial charge in [-0.1, -0.05) is 37.1 Å². The quantitative estimate of drug-likeness (QED) is 0.838. The second-order valence-corrected chi connectivity index (χ2v) is 6.36. The van der Waals surface area contributed by atoms with Crippen molar-refractivity contribution in [1.29, 1.82) is 0 Å². The molecule has 3 rings (SSSR count). The van der Waals surface area contributed by atoms with Crippen LogP contribution in [0, 0.1) is 5.92 Å². The van der Waals surface area contributed by atoms with E-state index in [4.69, 9.17) is 5.73 Å². The molecule has 3 nitrogen and oxygen atoms in total. The van der Waals surface area contributed by atoms with E-state index in [1.54, 1.807) is 6.92 Å². The number of hydrogen-bond donors (Lipinski definition) is 2. The first-order valence-corrected chi connectivity index (χ1v) is 7.98. The first kappa shape index (κ1) is 14.3. The Morgan fingerprint density at radius 3 is 2.86 bits per heavy atom. The van der Waals surface area contributed by atoms with Crippen LogP contribution >= 0.6 is 0 Å². The molecular weight excluding hydrogens is 260 g/mol. The minimum Gasteiger partial charge on any atom is -0.381 e. The van der Waals surface area contributed by atoms with Gasteiger partial charge in [-0.05, 0) is 37.8 Å². The number of hydrogen-bond acceptors (Lipinski definition) is 3. The minimum absolute atomic E-state index is 0.145. The van der Waals surface area contributed by atoms with Crippen LogP contribution in [0.1, 0.15) is 39.0 Å².